The number of ether oxygens (including phenoxy) is 1. The molecular formula is C16H12FNO3. The van der Waals surface area contributed by atoms with Crippen LogP contribution in [0.2, 0.25) is 0 Å². The van der Waals surface area contributed by atoms with Crippen LogP contribution < -0.4 is 4.74 Å². The zero-order chi connectivity index (χ0) is 15.4. The van der Waals surface area contributed by atoms with Gasteiger partial charge in [0.1, 0.15) is 29.8 Å². The van der Waals surface area contributed by atoms with Gasteiger partial charge in [0.15, 0.2) is 0 Å². The van der Waals surface area contributed by atoms with Crippen LogP contribution in [-0.4, -0.2) is 11.1 Å². The molecule has 0 aliphatic heterocycles. The number of aryl methyl sites for hydroxylation is 1. The molecular weight excluding hydrogens is 273 g/mol. The lowest BCUT2D eigenvalue weighted by Gasteiger charge is -2.12. The molecule has 106 valence electrons. The molecule has 0 aliphatic rings. The standard InChI is InChI=1S/C16H12FNO3/c1-10-3-2-4-13(16(19)20)15(10)21-9-11-5-6-14(17)12(7-11)8-18/h2-7H,9H2,1H3,(H,19,20). The van der Waals surface area contributed by atoms with E-state index in [-0.39, 0.29) is 23.5 Å². The summed E-state index contributed by atoms with van der Waals surface area (Å²) in [7, 11) is 0. The van der Waals surface area contributed by atoms with E-state index >= 15 is 0 Å². The van der Waals surface area contributed by atoms with Crippen LogP contribution in [0.15, 0.2) is 36.4 Å². The molecule has 0 saturated carbocycles. The van der Waals surface area contributed by atoms with E-state index in [9.17, 15) is 9.18 Å². The zero-order valence-corrected chi connectivity index (χ0v) is 11.3. The average Bonchev–Trinajstić information content (AvgIpc) is 2.47. The number of hydrogen-bond acceptors (Lipinski definition) is 3. The van der Waals surface area contributed by atoms with E-state index in [0.717, 1.165) is 0 Å². The molecule has 0 bridgehead atoms. The number of nitrogens with zero attached hydrogens (tertiary/aromatic N) is 1. The second-order valence-corrected chi connectivity index (χ2v) is 4.47. The quantitative estimate of drug-likeness (QED) is 0.935. The summed E-state index contributed by atoms with van der Waals surface area (Å²) in [6, 6.07) is 10.6. The van der Waals surface area contributed by atoms with Crippen LogP contribution in [0.25, 0.3) is 0 Å². The Morgan fingerprint density at radius 3 is 2.81 bits per heavy atom. The van der Waals surface area contributed by atoms with E-state index in [1.54, 1.807) is 25.1 Å². The third-order valence-electron chi connectivity index (χ3n) is 2.98. The molecule has 0 spiro atoms. The van der Waals surface area contributed by atoms with Crippen molar-refractivity contribution in [2.24, 2.45) is 0 Å². The van der Waals surface area contributed by atoms with Crippen LogP contribution in [-0.2, 0) is 6.61 Å². The molecule has 2 aromatic rings. The number of benzene rings is 2. The fourth-order valence-corrected chi connectivity index (χ4v) is 1.92. The van der Waals surface area contributed by atoms with E-state index < -0.39 is 11.8 Å². The third-order valence-corrected chi connectivity index (χ3v) is 2.98. The fraction of sp³-hybridized carbons (Fsp3) is 0.125. The normalized spacial score (nSPS) is 9.95. The topological polar surface area (TPSA) is 70.3 Å². The molecule has 4 nitrogen and oxygen atoms in total. The maximum atomic E-state index is 13.2. The molecule has 2 aromatic carbocycles. The van der Waals surface area contributed by atoms with E-state index in [4.69, 9.17) is 15.1 Å². The number of halogens is 1. The molecule has 0 aliphatic carbocycles. The first-order valence-corrected chi connectivity index (χ1v) is 6.17. The number of carboxylic acids is 1. The van der Waals surface area contributed by atoms with Gasteiger partial charge in [0.2, 0.25) is 0 Å². The van der Waals surface area contributed by atoms with Gasteiger partial charge >= 0.3 is 5.97 Å². The molecule has 0 fully saturated rings. The first-order valence-electron chi connectivity index (χ1n) is 6.17. The highest BCUT2D eigenvalue weighted by molar-refractivity contribution is 5.91. The first kappa shape index (κ1) is 14.5. The minimum atomic E-state index is -1.08. The summed E-state index contributed by atoms with van der Waals surface area (Å²) in [5.74, 6) is -1.40. The first-order chi connectivity index (χ1) is 10.0. The maximum Gasteiger partial charge on any atom is 0.339 e. The number of hydrogen-bond donors (Lipinski definition) is 1. The zero-order valence-electron chi connectivity index (χ0n) is 11.3. The Morgan fingerprint density at radius 1 is 1.38 bits per heavy atom. The number of para-hydroxylation sites is 1. The molecule has 21 heavy (non-hydrogen) atoms. The molecule has 0 saturated heterocycles. The summed E-state index contributed by atoms with van der Waals surface area (Å²) in [5.41, 5.74) is 1.28. The summed E-state index contributed by atoms with van der Waals surface area (Å²) >= 11 is 0. The minimum absolute atomic E-state index is 0.0556. The lowest BCUT2D eigenvalue weighted by Crippen LogP contribution is -2.05. The van der Waals surface area contributed by atoms with Crippen molar-refractivity contribution < 1.29 is 19.0 Å². The van der Waals surface area contributed by atoms with Crippen LogP contribution in [0.1, 0.15) is 27.0 Å². The highest BCUT2D eigenvalue weighted by Crippen LogP contribution is 2.24. The van der Waals surface area contributed by atoms with Crippen LogP contribution in [0.3, 0.4) is 0 Å². The van der Waals surface area contributed by atoms with E-state index in [2.05, 4.69) is 0 Å². The summed E-state index contributed by atoms with van der Waals surface area (Å²) < 4.78 is 18.8. The second kappa shape index (κ2) is 6.06. The number of carboxylic acid groups (broad SMARTS) is 1. The second-order valence-electron chi connectivity index (χ2n) is 4.47. The molecule has 0 heterocycles. The predicted octanol–water partition coefficient (Wildman–Crippen LogP) is 3.28. The van der Waals surface area contributed by atoms with Crippen LogP contribution in [0.4, 0.5) is 4.39 Å². The van der Waals surface area contributed by atoms with Gasteiger partial charge in [0.05, 0.1) is 5.56 Å². The highest BCUT2D eigenvalue weighted by atomic mass is 19.1. The molecule has 0 aromatic heterocycles. The van der Waals surface area contributed by atoms with Crippen molar-refractivity contribution in [3.8, 4) is 11.8 Å². The molecule has 2 rings (SSSR count). The maximum absolute atomic E-state index is 13.2. The van der Waals surface area contributed by atoms with Gasteiger partial charge in [-0.2, -0.15) is 5.26 Å². The average molecular weight is 285 g/mol. The van der Waals surface area contributed by atoms with Crippen molar-refractivity contribution in [2.75, 3.05) is 0 Å². The Bertz CT molecular complexity index is 735. The molecule has 0 radical (unpaired) electrons. The summed E-state index contributed by atoms with van der Waals surface area (Å²) in [6.07, 6.45) is 0. The van der Waals surface area contributed by atoms with Crippen LogP contribution in [0, 0.1) is 24.1 Å². The van der Waals surface area contributed by atoms with Crippen molar-refractivity contribution >= 4 is 5.97 Å². The van der Waals surface area contributed by atoms with Gasteiger partial charge in [-0.1, -0.05) is 18.2 Å². The van der Waals surface area contributed by atoms with Crippen molar-refractivity contribution in [1.29, 1.82) is 5.26 Å². The van der Waals surface area contributed by atoms with Crippen LogP contribution >= 0.6 is 0 Å². The number of aromatic carboxylic acids is 1. The van der Waals surface area contributed by atoms with E-state index in [1.165, 1.54) is 24.3 Å². The van der Waals surface area contributed by atoms with Crippen LogP contribution in [0.5, 0.6) is 5.75 Å². The fourth-order valence-electron chi connectivity index (χ4n) is 1.92. The Kier molecular flexibility index (Phi) is 4.19. The SMILES string of the molecule is Cc1cccc(C(=O)O)c1OCc1ccc(F)c(C#N)c1. The van der Waals surface area contributed by atoms with Crippen molar-refractivity contribution in [1.82, 2.24) is 0 Å². The number of nitriles is 1. The van der Waals surface area contributed by atoms with Crippen molar-refractivity contribution in [3.05, 3.63) is 64.5 Å². The summed E-state index contributed by atoms with van der Waals surface area (Å²) in [6.45, 7) is 1.80. The Labute approximate surface area is 121 Å². The smallest absolute Gasteiger partial charge is 0.339 e. The van der Waals surface area contributed by atoms with Gasteiger partial charge < -0.3 is 9.84 Å². The lowest BCUT2D eigenvalue weighted by atomic mass is 10.1. The molecule has 5 heteroatoms. The molecule has 0 amide bonds. The minimum Gasteiger partial charge on any atom is -0.488 e. The van der Waals surface area contributed by atoms with E-state index in [0.29, 0.717) is 11.1 Å². The molecule has 1 N–H and O–H groups in total. The largest absolute Gasteiger partial charge is 0.488 e. The monoisotopic (exact) mass is 285 g/mol. The van der Waals surface area contributed by atoms with Gasteiger partial charge in [0, 0.05) is 0 Å². The lowest BCUT2D eigenvalue weighted by molar-refractivity contribution is 0.0691. The third kappa shape index (κ3) is 3.18. The van der Waals surface area contributed by atoms with E-state index in [1.807, 2.05) is 0 Å². The Balaban J connectivity index is 2.25. The molecule has 0 unspecified atom stereocenters. The van der Waals surface area contributed by atoms with Crippen molar-refractivity contribution in [2.45, 2.75) is 13.5 Å². The highest BCUT2D eigenvalue weighted by Gasteiger charge is 2.13. The number of carbonyl (C=O) groups is 1. The Morgan fingerprint density at radius 2 is 2.14 bits per heavy atom. The van der Waals surface area contributed by atoms with Gasteiger partial charge in [-0.25, -0.2) is 9.18 Å². The predicted molar refractivity (Wildman–Crippen MR) is 73.6 cm³/mol. The Hall–Kier alpha value is -2.87. The van der Waals surface area contributed by atoms with Gasteiger partial charge in [-0.3, -0.25) is 0 Å². The van der Waals surface area contributed by atoms with Gasteiger partial charge in [-0.15, -0.1) is 0 Å². The van der Waals surface area contributed by atoms with Gasteiger partial charge in [-0.05, 0) is 36.2 Å². The summed E-state index contributed by atoms with van der Waals surface area (Å²) in [5, 5.41) is 17.9. The van der Waals surface area contributed by atoms with Crippen molar-refractivity contribution in [3.63, 3.8) is 0 Å². The number of rotatable bonds is 4. The van der Waals surface area contributed by atoms with Gasteiger partial charge in [0.25, 0.3) is 0 Å². The molecule has 0 atom stereocenters. The summed E-state index contributed by atoms with van der Waals surface area (Å²) in [4.78, 5) is 11.2.